The molecule has 0 saturated heterocycles. The zero-order valence-electron chi connectivity index (χ0n) is 21.9. The van der Waals surface area contributed by atoms with Gasteiger partial charge in [-0.15, -0.1) is 0 Å². The van der Waals surface area contributed by atoms with Gasteiger partial charge < -0.3 is 13.3 Å². The fourth-order valence-corrected chi connectivity index (χ4v) is 4.88. The Morgan fingerprint density at radius 1 is 0.933 bits per heavy atom. The Kier molecular flexibility index (Phi) is 8.89. The summed E-state index contributed by atoms with van der Waals surface area (Å²) in [5.74, 6) is 1.13. The highest BCUT2D eigenvalue weighted by Crippen LogP contribution is 2.40. The highest BCUT2D eigenvalue weighted by molar-refractivity contribution is 6.74. The quantitative estimate of drug-likeness (QED) is 0.263. The largest absolute Gasteiger partial charge is 0.547 e. The van der Waals surface area contributed by atoms with Gasteiger partial charge in [-0.3, -0.25) is 0 Å². The minimum absolute atomic E-state index is 0.0666. The Bertz CT molecular complexity index is 672. The Morgan fingerprint density at radius 2 is 1.50 bits per heavy atom. The smallest absolute Gasteiger partial charge is 0.250 e. The molecule has 0 aliphatic heterocycles. The molecule has 1 aromatic rings. The second kappa shape index (κ2) is 9.78. The molecule has 0 N–H and O–H groups in total. The molecule has 0 aliphatic rings. The van der Waals surface area contributed by atoms with Crippen LogP contribution in [0.3, 0.4) is 0 Å². The summed E-state index contributed by atoms with van der Waals surface area (Å²) in [7, 11) is -3.67. The van der Waals surface area contributed by atoms with E-state index >= 15 is 0 Å². The molecule has 0 fully saturated rings. The molecule has 1 heterocycles. The molecule has 30 heavy (non-hydrogen) atoms. The fraction of sp³-hybridized carbons (Fsp3) is 0.760. The van der Waals surface area contributed by atoms with Crippen molar-refractivity contribution in [3.05, 3.63) is 36.0 Å². The summed E-state index contributed by atoms with van der Waals surface area (Å²) in [6.45, 7) is 28.4. The zero-order valence-corrected chi connectivity index (χ0v) is 23.9. The molecule has 5 heteroatoms. The van der Waals surface area contributed by atoms with Crippen LogP contribution >= 0.6 is 0 Å². The van der Waals surface area contributed by atoms with Gasteiger partial charge in [-0.25, -0.2) is 0 Å². The maximum Gasteiger partial charge on any atom is 0.250 e. The van der Waals surface area contributed by atoms with Crippen LogP contribution in [0, 0.1) is 5.41 Å². The van der Waals surface area contributed by atoms with Crippen molar-refractivity contribution in [3.63, 3.8) is 0 Å². The second-order valence-corrected chi connectivity index (χ2v) is 22.0. The van der Waals surface area contributed by atoms with E-state index in [2.05, 4.69) is 93.7 Å². The van der Waals surface area contributed by atoms with E-state index in [1.165, 1.54) is 5.56 Å². The van der Waals surface area contributed by atoms with Crippen molar-refractivity contribution in [1.29, 1.82) is 0 Å². The Balaban J connectivity index is 2.97. The number of aryl methyl sites for hydroxylation is 1. The lowest BCUT2D eigenvalue weighted by atomic mass is 9.93. The average molecular weight is 453 g/mol. The monoisotopic (exact) mass is 452 g/mol. The van der Waals surface area contributed by atoms with Gasteiger partial charge >= 0.3 is 0 Å². The number of rotatable bonds is 10. The van der Waals surface area contributed by atoms with E-state index in [4.69, 9.17) is 13.3 Å². The lowest BCUT2D eigenvalue weighted by Crippen LogP contribution is -2.43. The molecule has 0 bridgehead atoms. The van der Waals surface area contributed by atoms with Gasteiger partial charge in [0, 0.05) is 18.4 Å². The molecular weight excluding hydrogens is 404 g/mol. The van der Waals surface area contributed by atoms with Gasteiger partial charge in [0.2, 0.25) is 8.32 Å². The maximum absolute atomic E-state index is 6.79. The minimum Gasteiger partial charge on any atom is -0.547 e. The number of allylic oxidation sites excluding steroid dienone is 1. The summed E-state index contributed by atoms with van der Waals surface area (Å²) < 4.78 is 18.6. The molecule has 0 spiro atoms. The van der Waals surface area contributed by atoms with E-state index in [0.29, 0.717) is 0 Å². The molecule has 0 unspecified atom stereocenters. The van der Waals surface area contributed by atoms with Crippen LogP contribution in [0.25, 0.3) is 0 Å². The summed E-state index contributed by atoms with van der Waals surface area (Å²) in [6, 6.07) is 2.05. The molecular formula is C25H48O3Si2. The average Bonchev–Trinajstić information content (AvgIpc) is 3.03. The van der Waals surface area contributed by atoms with Gasteiger partial charge in [-0.1, -0.05) is 55.4 Å². The zero-order chi connectivity index (χ0) is 23.4. The normalized spacial score (nSPS) is 14.9. The third-order valence-corrected chi connectivity index (χ3v) is 15.7. The molecule has 0 atom stereocenters. The molecule has 0 saturated carbocycles. The number of hydrogen-bond acceptors (Lipinski definition) is 3. The van der Waals surface area contributed by atoms with Gasteiger partial charge in [-0.2, -0.15) is 0 Å². The second-order valence-electron chi connectivity index (χ2n) is 12.5. The first kappa shape index (κ1) is 27.2. The first-order valence-corrected chi connectivity index (χ1v) is 17.2. The third-order valence-electron chi connectivity index (χ3n) is 6.82. The lowest BCUT2D eigenvalue weighted by molar-refractivity contribution is 0.197. The van der Waals surface area contributed by atoms with Crippen molar-refractivity contribution < 1.29 is 13.3 Å². The van der Waals surface area contributed by atoms with E-state index in [-0.39, 0.29) is 15.5 Å². The van der Waals surface area contributed by atoms with Crippen molar-refractivity contribution in [2.24, 2.45) is 5.41 Å². The van der Waals surface area contributed by atoms with Crippen molar-refractivity contribution in [2.45, 2.75) is 111 Å². The molecule has 1 aromatic heterocycles. The summed E-state index contributed by atoms with van der Waals surface area (Å²) in [4.78, 5) is 0. The van der Waals surface area contributed by atoms with Crippen molar-refractivity contribution in [1.82, 2.24) is 0 Å². The molecule has 0 amide bonds. The fourth-order valence-electron chi connectivity index (χ4n) is 2.60. The maximum atomic E-state index is 6.79. The molecule has 3 nitrogen and oxygen atoms in total. The molecule has 174 valence electrons. The number of furan rings is 1. The van der Waals surface area contributed by atoms with E-state index < -0.39 is 16.6 Å². The van der Waals surface area contributed by atoms with Crippen molar-refractivity contribution in [3.8, 4) is 0 Å². The SMILES string of the molecule is CC(C)(/C=C(/CCCc1ccoc1)O[Si](C)(C)C(C)(C)C)CO[Si](C)(C)C(C)(C)C. The Morgan fingerprint density at radius 3 is 1.97 bits per heavy atom. The van der Waals surface area contributed by atoms with Crippen LogP contribution < -0.4 is 0 Å². The van der Waals surface area contributed by atoms with Gasteiger partial charge in [0.1, 0.15) is 0 Å². The summed E-state index contributed by atoms with van der Waals surface area (Å²) in [6.07, 6.45) is 8.95. The lowest BCUT2D eigenvalue weighted by Gasteiger charge is -2.40. The predicted molar refractivity (Wildman–Crippen MR) is 135 cm³/mol. The van der Waals surface area contributed by atoms with E-state index in [1.54, 1.807) is 6.26 Å². The molecule has 0 radical (unpaired) electrons. The van der Waals surface area contributed by atoms with Crippen molar-refractivity contribution >= 4 is 16.6 Å². The minimum atomic E-state index is -1.89. The van der Waals surface area contributed by atoms with Gasteiger partial charge in [0.05, 0.1) is 18.3 Å². The molecule has 1 rings (SSSR count). The standard InChI is InChI=1S/C25H48O3Si2/c1-23(2,3)29(9,10)27-20-25(7,8)18-22(28-30(11,12)24(4,5)6)15-13-14-21-16-17-26-19-21/h16-19H,13-15,20H2,1-12H3/b22-18-. The van der Waals surface area contributed by atoms with Crippen LogP contribution in [0.2, 0.25) is 36.3 Å². The summed E-state index contributed by atoms with van der Waals surface area (Å²) >= 11 is 0. The van der Waals surface area contributed by atoms with Gasteiger partial charge in [0.25, 0.3) is 0 Å². The Hall–Kier alpha value is -0.786. The molecule has 0 aliphatic carbocycles. The summed E-state index contributed by atoms with van der Waals surface area (Å²) in [5.41, 5.74) is 1.19. The van der Waals surface area contributed by atoms with Crippen molar-refractivity contribution in [2.75, 3.05) is 6.61 Å². The topological polar surface area (TPSA) is 31.6 Å². The van der Waals surface area contributed by atoms with Crippen LogP contribution in [-0.2, 0) is 15.3 Å². The van der Waals surface area contributed by atoms with Crippen LogP contribution in [0.15, 0.2) is 34.8 Å². The third kappa shape index (κ3) is 8.39. The predicted octanol–water partition coefficient (Wildman–Crippen LogP) is 8.56. The van der Waals surface area contributed by atoms with E-state index in [0.717, 1.165) is 31.6 Å². The van der Waals surface area contributed by atoms with E-state index in [9.17, 15) is 0 Å². The van der Waals surface area contributed by atoms with Crippen LogP contribution in [-0.4, -0.2) is 23.2 Å². The van der Waals surface area contributed by atoms with Crippen LogP contribution in [0.1, 0.15) is 73.8 Å². The highest BCUT2D eigenvalue weighted by atomic mass is 28.4. The first-order chi connectivity index (χ1) is 13.4. The Labute approximate surface area is 188 Å². The first-order valence-electron chi connectivity index (χ1n) is 11.4. The molecule has 0 aromatic carbocycles. The highest BCUT2D eigenvalue weighted by Gasteiger charge is 2.40. The van der Waals surface area contributed by atoms with Crippen LogP contribution in [0.5, 0.6) is 0 Å². The number of hydrogen-bond donors (Lipinski definition) is 0. The van der Waals surface area contributed by atoms with Gasteiger partial charge in [0.15, 0.2) is 8.32 Å². The van der Waals surface area contributed by atoms with E-state index in [1.807, 2.05) is 6.26 Å². The summed E-state index contributed by atoms with van der Waals surface area (Å²) in [5, 5.41) is 0.399. The van der Waals surface area contributed by atoms with Crippen LogP contribution in [0.4, 0.5) is 0 Å². The van der Waals surface area contributed by atoms with Gasteiger partial charge in [-0.05, 0) is 66.8 Å².